The molecular formula is C19H21FN2O2. The van der Waals surface area contributed by atoms with Gasteiger partial charge in [-0.25, -0.2) is 9.82 Å². The topological polar surface area (TPSA) is 50.7 Å². The third-order valence-electron chi connectivity index (χ3n) is 3.38. The molecule has 24 heavy (non-hydrogen) atoms. The normalized spacial score (nSPS) is 10.8. The van der Waals surface area contributed by atoms with E-state index in [2.05, 4.69) is 17.5 Å². The Bertz CT molecular complexity index is 667. The molecule has 1 N–H and O–H groups in total. The Hall–Kier alpha value is -2.69. The van der Waals surface area contributed by atoms with Gasteiger partial charge in [-0.3, -0.25) is 4.79 Å². The number of rotatable bonds is 8. The summed E-state index contributed by atoms with van der Waals surface area (Å²) in [6.07, 6.45) is 4.78. The van der Waals surface area contributed by atoms with Gasteiger partial charge in [0.15, 0.2) is 0 Å². The van der Waals surface area contributed by atoms with Crippen LogP contribution in [-0.2, 0) is 0 Å². The van der Waals surface area contributed by atoms with E-state index in [1.807, 2.05) is 0 Å². The van der Waals surface area contributed by atoms with Crippen LogP contribution in [0.4, 0.5) is 4.39 Å². The maximum atomic E-state index is 12.8. The highest BCUT2D eigenvalue weighted by molar-refractivity contribution is 5.94. The van der Waals surface area contributed by atoms with E-state index < -0.39 is 0 Å². The highest BCUT2D eigenvalue weighted by Gasteiger charge is 2.04. The van der Waals surface area contributed by atoms with E-state index in [9.17, 15) is 9.18 Å². The SMILES string of the molecule is CCCCCOc1ccc(C(=O)N/N=C/c2ccc(F)cc2)cc1. The molecule has 2 aromatic carbocycles. The number of carbonyl (C=O) groups excluding carboxylic acids is 1. The first-order valence-electron chi connectivity index (χ1n) is 8.01. The molecule has 4 nitrogen and oxygen atoms in total. The lowest BCUT2D eigenvalue weighted by molar-refractivity contribution is 0.0955. The number of nitrogens with zero attached hydrogens (tertiary/aromatic N) is 1. The van der Waals surface area contributed by atoms with Crippen LogP contribution in [0.15, 0.2) is 53.6 Å². The zero-order chi connectivity index (χ0) is 17.2. The van der Waals surface area contributed by atoms with Gasteiger partial charge in [-0.1, -0.05) is 31.9 Å². The highest BCUT2D eigenvalue weighted by atomic mass is 19.1. The molecule has 0 aliphatic rings. The van der Waals surface area contributed by atoms with Crippen molar-refractivity contribution in [2.75, 3.05) is 6.61 Å². The number of nitrogens with one attached hydrogen (secondary N) is 1. The van der Waals surface area contributed by atoms with Crippen molar-refractivity contribution in [2.24, 2.45) is 5.10 Å². The number of halogens is 1. The maximum absolute atomic E-state index is 12.8. The van der Waals surface area contributed by atoms with E-state index in [1.165, 1.54) is 18.3 Å². The van der Waals surface area contributed by atoms with Crippen molar-refractivity contribution in [3.8, 4) is 5.75 Å². The minimum absolute atomic E-state index is 0.312. The second-order valence-electron chi connectivity index (χ2n) is 5.33. The van der Waals surface area contributed by atoms with Gasteiger partial charge in [0.1, 0.15) is 11.6 Å². The van der Waals surface area contributed by atoms with E-state index >= 15 is 0 Å². The lowest BCUT2D eigenvalue weighted by Gasteiger charge is -2.06. The van der Waals surface area contributed by atoms with Crippen molar-refractivity contribution in [3.63, 3.8) is 0 Å². The molecule has 0 atom stereocenters. The summed E-state index contributed by atoms with van der Waals surface area (Å²) in [6, 6.07) is 12.8. The van der Waals surface area contributed by atoms with Gasteiger partial charge in [-0.2, -0.15) is 5.10 Å². The standard InChI is InChI=1S/C19H21FN2O2/c1-2-3-4-13-24-18-11-7-16(8-12-18)19(23)22-21-14-15-5-9-17(20)10-6-15/h5-12,14H,2-4,13H2,1H3,(H,22,23)/b21-14+. The summed E-state index contributed by atoms with van der Waals surface area (Å²) in [7, 11) is 0. The van der Waals surface area contributed by atoms with Gasteiger partial charge < -0.3 is 4.74 Å². The Kier molecular flexibility index (Phi) is 6.95. The van der Waals surface area contributed by atoms with E-state index in [1.54, 1.807) is 36.4 Å². The Balaban J connectivity index is 1.82. The second kappa shape index (κ2) is 9.45. The molecule has 0 spiro atoms. The molecule has 0 saturated heterocycles. The molecular weight excluding hydrogens is 307 g/mol. The largest absolute Gasteiger partial charge is 0.494 e. The Labute approximate surface area is 141 Å². The third kappa shape index (κ3) is 5.83. The monoisotopic (exact) mass is 328 g/mol. The van der Waals surface area contributed by atoms with Crippen molar-refractivity contribution < 1.29 is 13.9 Å². The molecule has 0 aliphatic carbocycles. The van der Waals surface area contributed by atoms with Gasteiger partial charge >= 0.3 is 0 Å². The number of hydrazone groups is 1. The number of hydrogen-bond donors (Lipinski definition) is 1. The van der Waals surface area contributed by atoms with E-state index in [4.69, 9.17) is 4.74 Å². The Morgan fingerprint density at radius 1 is 1.12 bits per heavy atom. The summed E-state index contributed by atoms with van der Waals surface area (Å²) < 4.78 is 18.4. The van der Waals surface area contributed by atoms with Gasteiger partial charge in [-0.05, 0) is 48.4 Å². The average molecular weight is 328 g/mol. The van der Waals surface area contributed by atoms with Gasteiger partial charge in [0, 0.05) is 5.56 Å². The van der Waals surface area contributed by atoms with Crippen LogP contribution in [0.3, 0.4) is 0 Å². The molecule has 0 bridgehead atoms. The van der Waals surface area contributed by atoms with Crippen molar-refractivity contribution in [3.05, 3.63) is 65.5 Å². The van der Waals surface area contributed by atoms with Crippen LogP contribution in [0.5, 0.6) is 5.75 Å². The molecule has 0 heterocycles. The minimum atomic E-state index is -0.314. The van der Waals surface area contributed by atoms with Crippen molar-refractivity contribution in [1.29, 1.82) is 0 Å². The lowest BCUT2D eigenvalue weighted by Crippen LogP contribution is -2.17. The number of benzene rings is 2. The number of unbranched alkanes of at least 4 members (excludes halogenated alkanes) is 2. The Morgan fingerprint density at radius 2 is 1.83 bits per heavy atom. The third-order valence-corrected chi connectivity index (χ3v) is 3.38. The predicted octanol–water partition coefficient (Wildman–Crippen LogP) is 4.16. The van der Waals surface area contributed by atoms with E-state index in [0.29, 0.717) is 17.7 Å². The molecule has 2 aromatic rings. The summed E-state index contributed by atoms with van der Waals surface area (Å²) in [5.41, 5.74) is 3.63. The predicted molar refractivity (Wildman–Crippen MR) is 92.9 cm³/mol. The number of amides is 1. The zero-order valence-corrected chi connectivity index (χ0v) is 13.7. The first-order chi connectivity index (χ1) is 11.7. The average Bonchev–Trinajstić information content (AvgIpc) is 2.61. The first-order valence-corrected chi connectivity index (χ1v) is 8.01. The quantitative estimate of drug-likeness (QED) is 0.449. The number of hydrogen-bond acceptors (Lipinski definition) is 3. The van der Waals surface area contributed by atoms with Gasteiger partial charge in [0.2, 0.25) is 0 Å². The fourth-order valence-electron chi connectivity index (χ4n) is 2.02. The maximum Gasteiger partial charge on any atom is 0.271 e. The first kappa shape index (κ1) is 17.7. The summed E-state index contributed by atoms with van der Waals surface area (Å²) in [5.74, 6) is 0.122. The second-order valence-corrected chi connectivity index (χ2v) is 5.33. The van der Waals surface area contributed by atoms with E-state index in [-0.39, 0.29) is 11.7 Å². The summed E-state index contributed by atoms with van der Waals surface area (Å²) in [6.45, 7) is 2.83. The van der Waals surface area contributed by atoms with Crippen molar-refractivity contribution in [2.45, 2.75) is 26.2 Å². The van der Waals surface area contributed by atoms with Gasteiger partial charge in [-0.15, -0.1) is 0 Å². The molecule has 5 heteroatoms. The summed E-state index contributed by atoms with van der Waals surface area (Å²) in [5, 5.41) is 3.86. The van der Waals surface area contributed by atoms with Gasteiger partial charge in [0.05, 0.1) is 12.8 Å². The molecule has 0 unspecified atom stereocenters. The summed E-state index contributed by atoms with van der Waals surface area (Å²) >= 11 is 0. The smallest absolute Gasteiger partial charge is 0.271 e. The molecule has 0 radical (unpaired) electrons. The molecule has 2 rings (SSSR count). The molecule has 126 valence electrons. The fraction of sp³-hybridized carbons (Fsp3) is 0.263. The Morgan fingerprint density at radius 3 is 2.50 bits per heavy atom. The van der Waals surface area contributed by atoms with Crippen LogP contribution in [0.2, 0.25) is 0 Å². The minimum Gasteiger partial charge on any atom is -0.494 e. The van der Waals surface area contributed by atoms with Crippen LogP contribution in [0.25, 0.3) is 0 Å². The van der Waals surface area contributed by atoms with Gasteiger partial charge in [0.25, 0.3) is 5.91 Å². The summed E-state index contributed by atoms with van der Waals surface area (Å²) in [4.78, 5) is 12.0. The van der Waals surface area contributed by atoms with Crippen molar-refractivity contribution >= 4 is 12.1 Å². The molecule has 1 amide bonds. The lowest BCUT2D eigenvalue weighted by atomic mass is 10.2. The number of carbonyl (C=O) groups is 1. The van der Waals surface area contributed by atoms with Crippen LogP contribution >= 0.6 is 0 Å². The zero-order valence-electron chi connectivity index (χ0n) is 13.7. The van der Waals surface area contributed by atoms with Crippen LogP contribution in [0, 0.1) is 5.82 Å². The number of ether oxygens (including phenoxy) is 1. The van der Waals surface area contributed by atoms with Crippen LogP contribution in [-0.4, -0.2) is 18.7 Å². The van der Waals surface area contributed by atoms with Crippen LogP contribution in [0.1, 0.15) is 42.1 Å². The fourth-order valence-corrected chi connectivity index (χ4v) is 2.02. The molecule has 0 fully saturated rings. The van der Waals surface area contributed by atoms with Crippen LogP contribution < -0.4 is 10.2 Å². The van der Waals surface area contributed by atoms with E-state index in [0.717, 1.165) is 25.0 Å². The van der Waals surface area contributed by atoms with Crippen molar-refractivity contribution in [1.82, 2.24) is 5.43 Å². The molecule has 0 aliphatic heterocycles. The molecule has 0 saturated carbocycles. The molecule has 0 aromatic heterocycles. The highest BCUT2D eigenvalue weighted by Crippen LogP contribution is 2.13.